The Bertz CT molecular complexity index is 1490. The van der Waals surface area contributed by atoms with E-state index >= 15 is 0 Å². The van der Waals surface area contributed by atoms with E-state index < -0.39 is 43.6 Å². The molecule has 1 aromatic heterocycles. The Kier molecular flexibility index (Phi) is 6.88. The average molecular weight is 530 g/mol. The van der Waals surface area contributed by atoms with Crippen molar-refractivity contribution in [3.05, 3.63) is 54.4 Å². The fourth-order valence-corrected chi connectivity index (χ4v) is 4.70. The van der Waals surface area contributed by atoms with Gasteiger partial charge in [0.25, 0.3) is 10.0 Å². The van der Waals surface area contributed by atoms with Crippen LogP contribution >= 0.6 is 0 Å². The van der Waals surface area contributed by atoms with E-state index in [0.717, 1.165) is 25.3 Å². The van der Waals surface area contributed by atoms with Crippen LogP contribution in [-0.4, -0.2) is 39.0 Å². The van der Waals surface area contributed by atoms with Crippen LogP contribution in [0.3, 0.4) is 0 Å². The van der Waals surface area contributed by atoms with Crippen molar-refractivity contribution in [2.24, 2.45) is 5.84 Å². The molecular weight excluding hydrogens is 511 g/mol. The van der Waals surface area contributed by atoms with Crippen LogP contribution in [0.15, 0.2) is 58.3 Å². The fourth-order valence-electron chi connectivity index (χ4n) is 3.08. The smallest absolute Gasteiger partial charge is 0.308 e. The first-order chi connectivity index (χ1) is 16.1. The number of benzene rings is 2. The average Bonchev–Trinajstić information content (AvgIpc) is 2.76. The van der Waals surface area contributed by atoms with Gasteiger partial charge in [-0.15, -0.1) is 0 Å². The summed E-state index contributed by atoms with van der Waals surface area (Å²) in [6, 6.07) is 9.79. The quantitative estimate of drug-likeness (QED) is 0.321. The highest BCUT2D eigenvalue weighted by Crippen LogP contribution is 2.39. The molecule has 0 bridgehead atoms. The minimum absolute atomic E-state index is 0.00363. The van der Waals surface area contributed by atoms with Crippen LogP contribution in [0.25, 0.3) is 22.4 Å². The molecule has 15 heteroatoms. The Morgan fingerprint density at radius 1 is 0.886 bits per heavy atom. The number of nitrogens with one attached hydrogen (secondary N) is 2. The van der Waals surface area contributed by atoms with Gasteiger partial charge in [-0.05, 0) is 29.8 Å². The van der Waals surface area contributed by atoms with Crippen LogP contribution in [0.4, 0.5) is 19.0 Å². The van der Waals surface area contributed by atoms with Crippen molar-refractivity contribution < 1.29 is 34.8 Å². The van der Waals surface area contributed by atoms with E-state index in [0.29, 0.717) is 0 Å². The van der Waals surface area contributed by atoms with Crippen LogP contribution in [0.1, 0.15) is 12.7 Å². The number of hydrogen-bond acceptors (Lipinski definition) is 9. The second kappa shape index (κ2) is 9.24. The summed E-state index contributed by atoms with van der Waals surface area (Å²) >= 11 is 0. The molecule has 4 N–H and O–H groups in total. The number of rotatable bonds is 6. The van der Waals surface area contributed by atoms with E-state index in [2.05, 4.69) is 15.4 Å². The molecule has 0 fully saturated rings. The van der Waals surface area contributed by atoms with Crippen LogP contribution in [-0.2, 0) is 30.8 Å². The summed E-state index contributed by atoms with van der Waals surface area (Å²) in [5, 5.41) is 0. The molecule has 0 aliphatic rings. The Labute approximate surface area is 198 Å². The summed E-state index contributed by atoms with van der Waals surface area (Å²) in [6.07, 6.45) is -3.95. The Morgan fingerprint density at radius 3 is 1.86 bits per heavy atom. The van der Waals surface area contributed by atoms with Crippen LogP contribution in [0.5, 0.6) is 0 Å². The predicted octanol–water partition coefficient (Wildman–Crippen LogP) is 2.34. The minimum atomic E-state index is -4.93. The summed E-state index contributed by atoms with van der Waals surface area (Å²) in [4.78, 5) is 17.9. The van der Waals surface area contributed by atoms with Gasteiger partial charge in [0.15, 0.2) is 15.7 Å². The zero-order chi connectivity index (χ0) is 26.2. The van der Waals surface area contributed by atoms with E-state index in [1.165, 1.54) is 36.4 Å². The molecular formula is C20H18F3N5O5S2. The van der Waals surface area contributed by atoms with Crippen molar-refractivity contribution >= 4 is 31.6 Å². The van der Waals surface area contributed by atoms with Gasteiger partial charge in [0.1, 0.15) is 0 Å². The lowest BCUT2D eigenvalue weighted by Gasteiger charge is -2.17. The number of amides is 1. The molecule has 3 rings (SSSR count). The van der Waals surface area contributed by atoms with Gasteiger partial charge >= 0.3 is 6.18 Å². The molecule has 3 aromatic rings. The maximum atomic E-state index is 13.5. The van der Waals surface area contributed by atoms with Gasteiger partial charge in [-0.2, -0.15) is 13.2 Å². The maximum Gasteiger partial charge on any atom is 0.451 e. The standard InChI is InChI=1S/C20H18F3N5O5S2/c1-11(29)28-35(32,33)15-9-3-12(4-10-15)16-17(13-5-7-14(8-6-13)34(2,30)31)25-19(20(21,22)23)26-18(16)27-24/h3-10H,24H2,1-2H3,(H,28,29)(H,25,26,27). The number of nitrogen functional groups attached to an aromatic ring is 1. The largest absolute Gasteiger partial charge is 0.451 e. The topological polar surface area (TPSA) is 161 Å². The molecule has 0 radical (unpaired) electrons. The van der Waals surface area contributed by atoms with Gasteiger partial charge < -0.3 is 5.43 Å². The first-order valence-corrected chi connectivity index (χ1v) is 12.9. The van der Waals surface area contributed by atoms with Crippen molar-refractivity contribution in [3.63, 3.8) is 0 Å². The lowest BCUT2D eigenvalue weighted by molar-refractivity contribution is -0.144. The van der Waals surface area contributed by atoms with E-state index in [-0.39, 0.29) is 32.2 Å². The Balaban J connectivity index is 2.25. The number of anilines is 1. The second-order valence-electron chi connectivity index (χ2n) is 7.24. The molecule has 10 nitrogen and oxygen atoms in total. The zero-order valence-electron chi connectivity index (χ0n) is 18.1. The Hall–Kier alpha value is -3.56. The highest BCUT2D eigenvalue weighted by molar-refractivity contribution is 7.90. The highest BCUT2D eigenvalue weighted by Gasteiger charge is 2.37. The number of aromatic nitrogens is 2. The van der Waals surface area contributed by atoms with E-state index in [4.69, 9.17) is 5.84 Å². The first-order valence-electron chi connectivity index (χ1n) is 9.53. The summed E-state index contributed by atoms with van der Waals surface area (Å²) < 4.78 is 90.1. The number of hydrazine groups is 1. The van der Waals surface area contributed by atoms with Crippen LogP contribution in [0, 0.1) is 0 Å². The number of nitrogens with zero attached hydrogens (tertiary/aromatic N) is 2. The number of halogens is 3. The maximum absolute atomic E-state index is 13.5. The van der Waals surface area contributed by atoms with Crippen molar-refractivity contribution in [1.29, 1.82) is 0 Å². The van der Waals surface area contributed by atoms with Gasteiger partial charge in [0.05, 0.1) is 21.0 Å². The van der Waals surface area contributed by atoms with Gasteiger partial charge in [-0.1, -0.05) is 24.3 Å². The molecule has 0 atom stereocenters. The summed E-state index contributed by atoms with van der Waals surface area (Å²) in [5.41, 5.74) is 2.17. The fraction of sp³-hybridized carbons (Fsp3) is 0.150. The molecule has 35 heavy (non-hydrogen) atoms. The number of nitrogens with two attached hydrogens (primary N) is 1. The van der Waals surface area contributed by atoms with Crippen molar-refractivity contribution in [1.82, 2.24) is 14.7 Å². The monoisotopic (exact) mass is 529 g/mol. The zero-order valence-corrected chi connectivity index (χ0v) is 19.7. The summed E-state index contributed by atoms with van der Waals surface area (Å²) in [7, 11) is -7.73. The molecule has 0 spiro atoms. The highest BCUT2D eigenvalue weighted by atomic mass is 32.2. The first kappa shape index (κ1) is 26.1. The van der Waals surface area contributed by atoms with E-state index in [9.17, 15) is 34.8 Å². The predicted molar refractivity (Wildman–Crippen MR) is 120 cm³/mol. The third kappa shape index (κ3) is 5.75. The number of carbonyl (C=O) groups excluding carboxylic acids is 1. The van der Waals surface area contributed by atoms with Gasteiger partial charge in [0.2, 0.25) is 11.7 Å². The number of sulfonamides is 1. The number of sulfone groups is 1. The number of carbonyl (C=O) groups is 1. The molecule has 2 aromatic carbocycles. The van der Waals surface area contributed by atoms with E-state index in [1.807, 2.05) is 0 Å². The van der Waals surface area contributed by atoms with Crippen molar-refractivity contribution in [2.45, 2.75) is 22.9 Å². The van der Waals surface area contributed by atoms with Gasteiger partial charge in [0, 0.05) is 18.7 Å². The molecule has 0 saturated heterocycles. The molecule has 0 aliphatic carbocycles. The Morgan fingerprint density at radius 2 is 1.40 bits per heavy atom. The molecule has 186 valence electrons. The lowest BCUT2D eigenvalue weighted by atomic mass is 9.99. The van der Waals surface area contributed by atoms with Gasteiger partial charge in [-0.25, -0.2) is 37.4 Å². The third-order valence-corrected chi connectivity index (χ3v) is 7.16. The molecule has 0 saturated carbocycles. The second-order valence-corrected chi connectivity index (χ2v) is 10.9. The van der Waals surface area contributed by atoms with Gasteiger partial charge in [-0.3, -0.25) is 4.79 Å². The lowest BCUT2D eigenvalue weighted by Crippen LogP contribution is -2.28. The summed E-state index contributed by atoms with van der Waals surface area (Å²) in [5.74, 6) is 2.74. The molecule has 1 amide bonds. The summed E-state index contributed by atoms with van der Waals surface area (Å²) in [6.45, 7) is 1.02. The van der Waals surface area contributed by atoms with E-state index in [1.54, 1.807) is 4.72 Å². The molecule has 0 aliphatic heterocycles. The molecule has 1 heterocycles. The number of alkyl halides is 3. The van der Waals surface area contributed by atoms with Crippen molar-refractivity contribution in [2.75, 3.05) is 11.7 Å². The minimum Gasteiger partial charge on any atom is -0.308 e. The van der Waals surface area contributed by atoms with Crippen molar-refractivity contribution in [3.8, 4) is 22.4 Å². The SMILES string of the molecule is CC(=O)NS(=O)(=O)c1ccc(-c2c(NN)nc(C(F)(F)F)nc2-c2ccc(S(C)(=O)=O)cc2)cc1. The molecule has 0 unspecified atom stereocenters. The third-order valence-electron chi connectivity index (χ3n) is 4.59. The van der Waals surface area contributed by atoms with Crippen LogP contribution < -0.4 is 16.0 Å². The number of hydrogen-bond donors (Lipinski definition) is 3. The normalized spacial score (nSPS) is 12.3. The van der Waals surface area contributed by atoms with Crippen LogP contribution in [0.2, 0.25) is 0 Å².